The van der Waals surface area contributed by atoms with E-state index in [-0.39, 0.29) is 4.99 Å². The number of ether oxygens (including phenoxy) is 2. The molecule has 0 radical (unpaired) electrons. The SMILES string of the molecule is CC(C)COCCOc1ccc(Cl)cc1C(N)=S. The molecule has 100 valence electrons. The predicted molar refractivity (Wildman–Crippen MR) is 78.5 cm³/mol. The van der Waals surface area contributed by atoms with E-state index < -0.39 is 0 Å². The van der Waals surface area contributed by atoms with Crippen molar-refractivity contribution >= 4 is 28.8 Å². The van der Waals surface area contributed by atoms with Crippen LogP contribution >= 0.6 is 23.8 Å². The third kappa shape index (κ3) is 5.21. The average Bonchev–Trinajstić information content (AvgIpc) is 2.29. The maximum atomic E-state index is 5.88. The third-order valence-electron chi connectivity index (χ3n) is 2.14. The van der Waals surface area contributed by atoms with Crippen molar-refractivity contribution in [2.75, 3.05) is 19.8 Å². The highest BCUT2D eigenvalue weighted by Crippen LogP contribution is 2.22. The lowest BCUT2D eigenvalue weighted by molar-refractivity contribution is 0.0818. The highest BCUT2D eigenvalue weighted by Gasteiger charge is 2.07. The van der Waals surface area contributed by atoms with Gasteiger partial charge in [-0.25, -0.2) is 0 Å². The summed E-state index contributed by atoms with van der Waals surface area (Å²) in [5.74, 6) is 1.16. The summed E-state index contributed by atoms with van der Waals surface area (Å²) in [6.45, 7) is 5.93. The van der Waals surface area contributed by atoms with Crippen LogP contribution in [0, 0.1) is 5.92 Å². The van der Waals surface area contributed by atoms with Crippen LogP contribution in [-0.4, -0.2) is 24.8 Å². The lowest BCUT2D eigenvalue weighted by Crippen LogP contribution is -2.14. The van der Waals surface area contributed by atoms with Crippen molar-refractivity contribution in [2.24, 2.45) is 11.7 Å². The molecule has 0 aromatic heterocycles. The fourth-order valence-corrected chi connectivity index (χ4v) is 1.68. The van der Waals surface area contributed by atoms with Gasteiger partial charge in [0.05, 0.1) is 12.2 Å². The molecule has 1 aromatic rings. The Kier molecular flexibility index (Phi) is 6.39. The fourth-order valence-electron chi connectivity index (χ4n) is 1.35. The minimum Gasteiger partial charge on any atom is -0.490 e. The van der Waals surface area contributed by atoms with Gasteiger partial charge in [0.1, 0.15) is 17.3 Å². The minimum atomic E-state index is 0.274. The lowest BCUT2D eigenvalue weighted by atomic mass is 10.2. The van der Waals surface area contributed by atoms with E-state index in [1.807, 2.05) is 0 Å². The monoisotopic (exact) mass is 287 g/mol. The van der Waals surface area contributed by atoms with Gasteiger partial charge in [-0.15, -0.1) is 0 Å². The summed E-state index contributed by atoms with van der Waals surface area (Å²) in [4.78, 5) is 0.274. The normalized spacial score (nSPS) is 10.7. The molecule has 0 saturated carbocycles. The van der Waals surface area contributed by atoms with Gasteiger partial charge in [0, 0.05) is 11.6 Å². The first kappa shape index (κ1) is 15.2. The van der Waals surface area contributed by atoms with Crippen LogP contribution in [0.2, 0.25) is 5.02 Å². The van der Waals surface area contributed by atoms with Gasteiger partial charge in [0.2, 0.25) is 0 Å². The van der Waals surface area contributed by atoms with Gasteiger partial charge in [-0.3, -0.25) is 0 Å². The number of halogens is 1. The van der Waals surface area contributed by atoms with E-state index in [1.54, 1.807) is 18.2 Å². The first-order chi connectivity index (χ1) is 8.50. The third-order valence-corrected chi connectivity index (χ3v) is 2.60. The Bertz CT molecular complexity index is 410. The summed E-state index contributed by atoms with van der Waals surface area (Å²) in [5.41, 5.74) is 6.27. The van der Waals surface area contributed by atoms with Crippen LogP contribution in [-0.2, 0) is 4.74 Å². The maximum absolute atomic E-state index is 5.88. The Morgan fingerprint density at radius 1 is 1.39 bits per heavy atom. The van der Waals surface area contributed by atoms with E-state index in [0.29, 0.717) is 35.5 Å². The highest BCUT2D eigenvalue weighted by molar-refractivity contribution is 7.80. The molecule has 0 saturated heterocycles. The van der Waals surface area contributed by atoms with E-state index >= 15 is 0 Å². The Morgan fingerprint density at radius 3 is 2.72 bits per heavy atom. The van der Waals surface area contributed by atoms with Crippen molar-refractivity contribution in [1.29, 1.82) is 0 Å². The van der Waals surface area contributed by atoms with Crippen molar-refractivity contribution < 1.29 is 9.47 Å². The molecular formula is C13H18ClNO2S. The molecule has 0 aliphatic carbocycles. The van der Waals surface area contributed by atoms with Crippen molar-refractivity contribution in [2.45, 2.75) is 13.8 Å². The van der Waals surface area contributed by atoms with Gasteiger partial charge in [-0.1, -0.05) is 37.7 Å². The number of hydrogen-bond acceptors (Lipinski definition) is 3. The molecule has 5 heteroatoms. The van der Waals surface area contributed by atoms with Gasteiger partial charge in [-0.05, 0) is 24.1 Å². The second-order valence-electron chi connectivity index (χ2n) is 4.32. The fraction of sp³-hybridized carbons (Fsp3) is 0.462. The van der Waals surface area contributed by atoms with E-state index in [4.69, 9.17) is 39.0 Å². The zero-order valence-corrected chi connectivity index (χ0v) is 12.2. The van der Waals surface area contributed by atoms with Gasteiger partial charge >= 0.3 is 0 Å². The van der Waals surface area contributed by atoms with Crippen LogP contribution in [0.4, 0.5) is 0 Å². The number of hydrogen-bond donors (Lipinski definition) is 1. The summed E-state index contributed by atoms with van der Waals surface area (Å²) >= 11 is 10.8. The molecular weight excluding hydrogens is 270 g/mol. The molecule has 0 unspecified atom stereocenters. The van der Waals surface area contributed by atoms with E-state index in [2.05, 4.69) is 13.8 Å². The van der Waals surface area contributed by atoms with Crippen molar-refractivity contribution in [3.63, 3.8) is 0 Å². The average molecular weight is 288 g/mol. The number of rotatable bonds is 7. The van der Waals surface area contributed by atoms with Crippen LogP contribution in [0.1, 0.15) is 19.4 Å². The maximum Gasteiger partial charge on any atom is 0.129 e. The highest BCUT2D eigenvalue weighted by atomic mass is 35.5. The predicted octanol–water partition coefficient (Wildman–Crippen LogP) is 3.03. The molecule has 0 heterocycles. The molecule has 0 aliphatic rings. The van der Waals surface area contributed by atoms with Crippen molar-refractivity contribution in [3.05, 3.63) is 28.8 Å². The topological polar surface area (TPSA) is 44.5 Å². The Hall–Kier alpha value is -0.840. The summed E-state index contributed by atoms with van der Waals surface area (Å²) < 4.78 is 11.0. The second kappa shape index (κ2) is 7.56. The van der Waals surface area contributed by atoms with Gasteiger partial charge in [-0.2, -0.15) is 0 Å². The molecule has 0 spiro atoms. The van der Waals surface area contributed by atoms with Crippen LogP contribution in [0.5, 0.6) is 5.75 Å². The van der Waals surface area contributed by atoms with Crippen LogP contribution in [0.25, 0.3) is 0 Å². The van der Waals surface area contributed by atoms with Crippen molar-refractivity contribution in [1.82, 2.24) is 0 Å². The molecule has 0 aliphatic heterocycles. The smallest absolute Gasteiger partial charge is 0.129 e. The summed E-state index contributed by atoms with van der Waals surface area (Å²) in [6.07, 6.45) is 0. The summed E-state index contributed by atoms with van der Waals surface area (Å²) in [5, 5.41) is 0.584. The molecule has 0 bridgehead atoms. The van der Waals surface area contributed by atoms with Gasteiger partial charge in [0.25, 0.3) is 0 Å². The molecule has 1 aromatic carbocycles. The Balaban J connectivity index is 2.49. The number of thiocarbonyl (C=S) groups is 1. The molecule has 1 rings (SSSR count). The molecule has 0 atom stereocenters. The molecule has 18 heavy (non-hydrogen) atoms. The van der Waals surface area contributed by atoms with Crippen LogP contribution in [0.15, 0.2) is 18.2 Å². The number of benzene rings is 1. The quantitative estimate of drug-likeness (QED) is 0.618. The van der Waals surface area contributed by atoms with Crippen LogP contribution < -0.4 is 10.5 Å². The molecule has 0 amide bonds. The first-order valence-electron chi connectivity index (χ1n) is 5.80. The summed E-state index contributed by atoms with van der Waals surface area (Å²) in [6, 6.07) is 5.21. The Morgan fingerprint density at radius 2 is 2.11 bits per heavy atom. The number of nitrogens with two attached hydrogens (primary N) is 1. The second-order valence-corrected chi connectivity index (χ2v) is 5.20. The Labute approximate surface area is 118 Å². The van der Waals surface area contributed by atoms with Crippen LogP contribution in [0.3, 0.4) is 0 Å². The standard InChI is InChI=1S/C13H18ClNO2S/c1-9(2)8-16-5-6-17-12-4-3-10(14)7-11(12)13(15)18/h3-4,7,9H,5-6,8H2,1-2H3,(H2,15,18). The van der Waals surface area contributed by atoms with E-state index in [1.165, 1.54) is 0 Å². The zero-order chi connectivity index (χ0) is 13.5. The first-order valence-corrected chi connectivity index (χ1v) is 6.59. The zero-order valence-electron chi connectivity index (χ0n) is 10.6. The van der Waals surface area contributed by atoms with Gasteiger partial charge in [0.15, 0.2) is 0 Å². The lowest BCUT2D eigenvalue weighted by Gasteiger charge is -2.12. The van der Waals surface area contributed by atoms with Gasteiger partial charge < -0.3 is 15.2 Å². The summed E-state index contributed by atoms with van der Waals surface area (Å²) in [7, 11) is 0. The van der Waals surface area contributed by atoms with E-state index in [9.17, 15) is 0 Å². The molecule has 3 nitrogen and oxygen atoms in total. The molecule has 2 N–H and O–H groups in total. The van der Waals surface area contributed by atoms with E-state index in [0.717, 1.165) is 6.61 Å². The largest absolute Gasteiger partial charge is 0.490 e. The molecule has 0 fully saturated rings. The minimum absolute atomic E-state index is 0.274. The van der Waals surface area contributed by atoms with Crippen molar-refractivity contribution in [3.8, 4) is 5.75 Å².